The zero-order valence-corrected chi connectivity index (χ0v) is 18.1. The van der Waals surface area contributed by atoms with Gasteiger partial charge >= 0.3 is 0 Å². The number of aliphatic hydroxyl groups is 1. The molecule has 1 amide bonds. The van der Waals surface area contributed by atoms with Crippen molar-refractivity contribution in [3.8, 4) is 0 Å². The van der Waals surface area contributed by atoms with Crippen LogP contribution in [0.25, 0.3) is 0 Å². The molecule has 2 aromatic rings. The molecule has 1 N–H and O–H groups in total. The average Bonchev–Trinajstić information content (AvgIpc) is 3.14. The monoisotopic (exact) mass is 407 g/mol. The number of nitrogens with zero attached hydrogens (tertiary/aromatic N) is 3. The third-order valence-corrected chi connectivity index (χ3v) is 6.67. The number of anilines is 2. The fourth-order valence-electron chi connectivity index (χ4n) is 4.58. The first-order chi connectivity index (χ1) is 14.6. The van der Waals surface area contributed by atoms with Crippen molar-refractivity contribution in [3.05, 3.63) is 59.7 Å². The minimum Gasteiger partial charge on any atom is -0.396 e. The van der Waals surface area contributed by atoms with Gasteiger partial charge in [0.05, 0.1) is 0 Å². The SMILES string of the molecule is CC(CO)c1ccc(N2CCC(Cc3ccccc3N3CCN(C)CC3)C2=O)cc1. The molecular formula is C25H33N3O2. The summed E-state index contributed by atoms with van der Waals surface area (Å²) < 4.78 is 0. The van der Waals surface area contributed by atoms with E-state index in [4.69, 9.17) is 0 Å². The first kappa shape index (κ1) is 20.9. The van der Waals surface area contributed by atoms with E-state index in [-0.39, 0.29) is 24.3 Å². The first-order valence-electron chi connectivity index (χ1n) is 11.1. The Labute approximate surface area is 179 Å². The molecule has 0 bridgehead atoms. The van der Waals surface area contributed by atoms with Crippen LogP contribution in [0.4, 0.5) is 11.4 Å². The molecule has 2 aromatic carbocycles. The number of rotatable bonds is 6. The Morgan fingerprint density at radius 1 is 1.00 bits per heavy atom. The molecule has 2 atom stereocenters. The van der Waals surface area contributed by atoms with Crippen molar-refractivity contribution in [1.82, 2.24) is 4.90 Å². The van der Waals surface area contributed by atoms with Gasteiger partial charge in [-0.2, -0.15) is 0 Å². The largest absolute Gasteiger partial charge is 0.396 e. The van der Waals surface area contributed by atoms with Gasteiger partial charge in [0.1, 0.15) is 0 Å². The number of carbonyl (C=O) groups excluding carboxylic acids is 1. The van der Waals surface area contributed by atoms with E-state index >= 15 is 0 Å². The van der Waals surface area contributed by atoms with E-state index in [1.807, 2.05) is 36.1 Å². The van der Waals surface area contributed by atoms with Gasteiger partial charge in [-0.25, -0.2) is 0 Å². The Balaban J connectivity index is 1.45. The average molecular weight is 408 g/mol. The summed E-state index contributed by atoms with van der Waals surface area (Å²) in [5, 5.41) is 9.35. The molecule has 30 heavy (non-hydrogen) atoms. The quantitative estimate of drug-likeness (QED) is 0.799. The highest BCUT2D eigenvalue weighted by molar-refractivity contribution is 5.97. The van der Waals surface area contributed by atoms with E-state index in [2.05, 4.69) is 41.1 Å². The predicted molar refractivity (Wildman–Crippen MR) is 122 cm³/mol. The molecule has 160 valence electrons. The molecule has 2 fully saturated rings. The number of carbonyl (C=O) groups is 1. The minimum absolute atomic E-state index is 0.0367. The number of likely N-dealkylation sites (N-methyl/N-ethyl adjacent to an activating group) is 1. The molecule has 2 saturated heterocycles. The lowest BCUT2D eigenvalue weighted by molar-refractivity contribution is -0.120. The van der Waals surface area contributed by atoms with Gasteiger partial charge in [0.15, 0.2) is 0 Å². The lowest BCUT2D eigenvalue weighted by atomic mass is 9.96. The van der Waals surface area contributed by atoms with Gasteiger partial charge in [-0.1, -0.05) is 37.3 Å². The van der Waals surface area contributed by atoms with E-state index in [1.54, 1.807) is 0 Å². The maximum Gasteiger partial charge on any atom is 0.230 e. The van der Waals surface area contributed by atoms with Crippen LogP contribution >= 0.6 is 0 Å². The molecule has 0 spiro atoms. The molecule has 5 heteroatoms. The van der Waals surface area contributed by atoms with Crippen molar-refractivity contribution in [3.63, 3.8) is 0 Å². The summed E-state index contributed by atoms with van der Waals surface area (Å²) in [6, 6.07) is 16.7. The summed E-state index contributed by atoms with van der Waals surface area (Å²) in [5.41, 5.74) is 4.64. The third kappa shape index (κ3) is 4.37. The smallest absolute Gasteiger partial charge is 0.230 e. The zero-order chi connectivity index (χ0) is 21.1. The molecule has 0 saturated carbocycles. The van der Waals surface area contributed by atoms with Gasteiger partial charge in [-0.15, -0.1) is 0 Å². The summed E-state index contributed by atoms with van der Waals surface area (Å²) in [6.07, 6.45) is 1.70. The maximum absolute atomic E-state index is 13.2. The van der Waals surface area contributed by atoms with E-state index in [0.717, 1.165) is 56.8 Å². The summed E-state index contributed by atoms with van der Waals surface area (Å²) in [5.74, 6) is 0.382. The summed E-state index contributed by atoms with van der Waals surface area (Å²) >= 11 is 0. The van der Waals surface area contributed by atoms with Crippen LogP contribution in [-0.4, -0.2) is 62.3 Å². The van der Waals surface area contributed by atoms with Crippen LogP contribution in [0.3, 0.4) is 0 Å². The Bertz CT molecular complexity index is 859. The summed E-state index contributed by atoms with van der Waals surface area (Å²) in [7, 11) is 2.17. The predicted octanol–water partition coefficient (Wildman–Crippen LogP) is 3.13. The van der Waals surface area contributed by atoms with Crippen molar-refractivity contribution in [2.24, 2.45) is 5.92 Å². The highest BCUT2D eigenvalue weighted by atomic mass is 16.3. The Morgan fingerprint density at radius 3 is 2.40 bits per heavy atom. The van der Waals surface area contributed by atoms with Gasteiger partial charge < -0.3 is 19.8 Å². The van der Waals surface area contributed by atoms with Crippen molar-refractivity contribution >= 4 is 17.3 Å². The fourth-order valence-corrected chi connectivity index (χ4v) is 4.58. The van der Waals surface area contributed by atoms with Crippen molar-refractivity contribution < 1.29 is 9.90 Å². The van der Waals surface area contributed by atoms with Crippen molar-refractivity contribution in [1.29, 1.82) is 0 Å². The van der Waals surface area contributed by atoms with Gasteiger partial charge in [0.2, 0.25) is 5.91 Å². The van der Waals surface area contributed by atoms with Crippen LogP contribution < -0.4 is 9.80 Å². The zero-order valence-electron chi connectivity index (χ0n) is 18.1. The molecule has 2 aliphatic heterocycles. The van der Waals surface area contributed by atoms with Crippen LogP contribution in [0.1, 0.15) is 30.4 Å². The molecular weight excluding hydrogens is 374 g/mol. The van der Waals surface area contributed by atoms with Crippen LogP contribution in [-0.2, 0) is 11.2 Å². The van der Waals surface area contributed by atoms with Crippen LogP contribution in [0, 0.1) is 5.92 Å². The Kier molecular flexibility index (Phi) is 6.40. The summed E-state index contributed by atoms with van der Waals surface area (Å²) in [6.45, 7) is 7.15. The second kappa shape index (κ2) is 9.19. The topological polar surface area (TPSA) is 47.0 Å². The molecule has 0 radical (unpaired) electrons. The highest BCUT2D eigenvalue weighted by Crippen LogP contribution is 2.31. The Hall–Kier alpha value is -2.37. The number of para-hydroxylation sites is 1. The lowest BCUT2D eigenvalue weighted by Crippen LogP contribution is -2.44. The van der Waals surface area contributed by atoms with Crippen LogP contribution in [0.5, 0.6) is 0 Å². The molecule has 2 unspecified atom stereocenters. The number of benzene rings is 2. The van der Waals surface area contributed by atoms with Gasteiger partial charge in [0.25, 0.3) is 0 Å². The maximum atomic E-state index is 13.2. The van der Waals surface area contributed by atoms with Crippen LogP contribution in [0.15, 0.2) is 48.5 Å². The number of hydrogen-bond acceptors (Lipinski definition) is 4. The molecule has 0 aromatic heterocycles. The van der Waals surface area contributed by atoms with E-state index in [0.29, 0.717) is 0 Å². The van der Waals surface area contributed by atoms with Crippen molar-refractivity contribution in [2.45, 2.75) is 25.7 Å². The highest BCUT2D eigenvalue weighted by Gasteiger charge is 2.33. The molecule has 5 nitrogen and oxygen atoms in total. The number of hydrogen-bond donors (Lipinski definition) is 1. The molecule has 4 rings (SSSR count). The van der Waals surface area contributed by atoms with E-state index in [1.165, 1.54) is 11.3 Å². The number of piperazine rings is 1. The Morgan fingerprint density at radius 2 is 1.70 bits per heavy atom. The minimum atomic E-state index is 0.0367. The lowest BCUT2D eigenvalue weighted by Gasteiger charge is -2.35. The second-order valence-corrected chi connectivity index (χ2v) is 8.77. The second-order valence-electron chi connectivity index (χ2n) is 8.77. The van der Waals surface area contributed by atoms with E-state index < -0.39 is 0 Å². The number of aliphatic hydroxyl groups excluding tert-OH is 1. The summed E-state index contributed by atoms with van der Waals surface area (Å²) in [4.78, 5) is 19.9. The normalized spacial score (nSPS) is 21.3. The number of amides is 1. The third-order valence-electron chi connectivity index (χ3n) is 6.67. The standard InChI is InChI=1S/C25H33N3O2/c1-19(18-29)20-7-9-23(10-8-20)28-12-11-22(25(28)30)17-21-5-3-4-6-24(21)27-15-13-26(2)14-16-27/h3-10,19,22,29H,11-18H2,1-2H3. The van der Waals surface area contributed by atoms with Gasteiger partial charge in [0, 0.05) is 62.5 Å². The van der Waals surface area contributed by atoms with E-state index in [9.17, 15) is 9.90 Å². The molecule has 2 heterocycles. The first-order valence-corrected chi connectivity index (χ1v) is 11.1. The fraction of sp³-hybridized carbons (Fsp3) is 0.480. The van der Waals surface area contributed by atoms with Gasteiger partial charge in [-0.3, -0.25) is 4.79 Å². The van der Waals surface area contributed by atoms with Crippen LogP contribution in [0.2, 0.25) is 0 Å². The van der Waals surface area contributed by atoms with Crippen molar-refractivity contribution in [2.75, 3.05) is 56.2 Å². The van der Waals surface area contributed by atoms with Gasteiger partial charge in [-0.05, 0) is 49.2 Å². The molecule has 2 aliphatic rings. The molecule has 0 aliphatic carbocycles.